The highest BCUT2D eigenvalue weighted by atomic mass is 16.2. The molecule has 1 aliphatic carbocycles. The molecular weight excluding hydrogens is 204 g/mol. The van der Waals surface area contributed by atoms with Crippen LogP contribution in [0.5, 0.6) is 0 Å². The molecule has 0 aliphatic heterocycles. The summed E-state index contributed by atoms with van der Waals surface area (Å²) < 4.78 is 1.63. The number of aryl methyl sites for hydroxylation is 1. The average Bonchev–Trinajstić information content (AvgIpc) is 2.86. The second kappa shape index (κ2) is 4.65. The van der Waals surface area contributed by atoms with Crippen LogP contribution >= 0.6 is 0 Å². The molecule has 0 saturated heterocycles. The van der Waals surface area contributed by atoms with E-state index in [4.69, 9.17) is 5.73 Å². The summed E-state index contributed by atoms with van der Waals surface area (Å²) in [5.74, 6) is 0.332. The van der Waals surface area contributed by atoms with Gasteiger partial charge in [0.05, 0.1) is 0 Å². The number of nitrogens with one attached hydrogen (secondary N) is 1. The highest BCUT2D eigenvalue weighted by Gasteiger charge is 2.27. The van der Waals surface area contributed by atoms with Crippen LogP contribution in [0.25, 0.3) is 0 Å². The van der Waals surface area contributed by atoms with E-state index in [2.05, 4.69) is 10.4 Å². The van der Waals surface area contributed by atoms with Crippen molar-refractivity contribution in [3.8, 4) is 0 Å². The number of carbonyl (C=O) groups excluding carboxylic acids is 1. The molecule has 88 valence electrons. The molecule has 1 saturated carbocycles. The highest BCUT2D eigenvalue weighted by Crippen LogP contribution is 2.24. The van der Waals surface area contributed by atoms with Crippen molar-refractivity contribution < 1.29 is 4.79 Å². The van der Waals surface area contributed by atoms with Crippen LogP contribution in [0.2, 0.25) is 0 Å². The fourth-order valence-corrected chi connectivity index (χ4v) is 2.29. The van der Waals surface area contributed by atoms with Gasteiger partial charge in [-0.25, -0.2) is 0 Å². The van der Waals surface area contributed by atoms with Crippen LogP contribution in [-0.4, -0.2) is 28.3 Å². The number of rotatable bonds is 3. The molecule has 5 nitrogen and oxygen atoms in total. The molecule has 1 aromatic rings. The second-order valence-electron chi connectivity index (χ2n) is 4.38. The maximum atomic E-state index is 11.8. The zero-order valence-electron chi connectivity index (χ0n) is 9.52. The van der Waals surface area contributed by atoms with E-state index in [0.29, 0.717) is 18.2 Å². The van der Waals surface area contributed by atoms with Gasteiger partial charge in [0.1, 0.15) is 5.69 Å². The Labute approximate surface area is 95.0 Å². The van der Waals surface area contributed by atoms with Gasteiger partial charge in [0, 0.05) is 19.3 Å². The molecule has 0 radical (unpaired) electrons. The lowest BCUT2D eigenvalue weighted by molar-refractivity contribution is 0.0923. The molecule has 1 aromatic heterocycles. The minimum absolute atomic E-state index is 0.0917. The first-order valence-corrected chi connectivity index (χ1v) is 5.71. The van der Waals surface area contributed by atoms with E-state index in [1.165, 1.54) is 0 Å². The zero-order chi connectivity index (χ0) is 11.5. The summed E-state index contributed by atoms with van der Waals surface area (Å²) in [5.41, 5.74) is 6.15. The Morgan fingerprint density at radius 2 is 2.50 bits per heavy atom. The Kier molecular flexibility index (Phi) is 3.24. The standard InChI is InChI=1S/C11H18N4O/c1-15-6-5-10(14-15)11(16)13-9-4-2-3-8(9)7-12/h5-6,8-9H,2-4,7,12H2,1H3,(H,13,16). The fraction of sp³-hybridized carbons (Fsp3) is 0.636. The first-order chi connectivity index (χ1) is 7.70. The topological polar surface area (TPSA) is 72.9 Å². The van der Waals surface area contributed by atoms with E-state index in [9.17, 15) is 4.79 Å². The van der Waals surface area contributed by atoms with Crippen molar-refractivity contribution in [2.45, 2.75) is 25.3 Å². The third-order valence-electron chi connectivity index (χ3n) is 3.22. The monoisotopic (exact) mass is 222 g/mol. The van der Waals surface area contributed by atoms with Crippen molar-refractivity contribution in [1.29, 1.82) is 0 Å². The Morgan fingerprint density at radius 1 is 1.69 bits per heavy atom. The van der Waals surface area contributed by atoms with E-state index in [0.717, 1.165) is 19.3 Å². The lowest BCUT2D eigenvalue weighted by Gasteiger charge is -2.18. The number of amides is 1. The second-order valence-corrected chi connectivity index (χ2v) is 4.38. The largest absolute Gasteiger partial charge is 0.348 e. The predicted octanol–water partition coefficient (Wildman–Crippen LogP) is 0.277. The molecule has 0 bridgehead atoms. The highest BCUT2D eigenvalue weighted by molar-refractivity contribution is 5.92. The number of hydrogen-bond donors (Lipinski definition) is 2. The number of hydrogen-bond acceptors (Lipinski definition) is 3. The number of nitrogens with two attached hydrogens (primary N) is 1. The Balaban J connectivity index is 1.97. The van der Waals surface area contributed by atoms with Crippen molar-refractivity contribution in [3.05, 3.63) is 18.0 Å². The predicted molar refractivity (Wildman–Crippen MR) is 60.9 cm³/mol. The lowest BCUT2D eigenvalue weighted by atomic mass is 10.0. The molecule has 2 rings (SSSR count). The van der Waals surface area contributed by atoms with Gasteiger partial charge in [0.15, 0.2) is 0 Å². The van der Waals surface area contributed by atoms with Crippen LogP contribution in [0, 0.1) is 5.92 Å². The van der Waals surface area contributed by atoms with Gasteiger partial charge in [0.2, 0.25) is 0 Å². The van der Waals surface area contributed by atoms with Crippen molar-refractivity contribution in [3.63, 3.8) is 0 Å². The summed E-state index contributed by atoms with van der Waals surface area (Å²) >= 11 is 0. The Hall–Kier alpha value is -1.36. The maximum absolute atomic E-state index is 11.8. The van der Waals surface area contributed by atoms with Gasteiger partial charge in [-0.3, -0.25) is 9.48 Å². The summed E-state index contributed by atoms with van der Waals surface area (Å²) in [5, 5.41) is 7.09. The van der Waals surface area contributed by atoms with Gasteiger partial charge >= 0.3 is 0 Å². The third-order valence-corrected chi connectivity index (χ3v) is 3.22. The fourth-order valence-electron chi connectivity index (χ4n) is 2.29. The molecule has 0 spiro atoms. The van der Waals surface area contributed by atoms with Gasteiger partial charge in [-0.2, -0.15) is 5.10 Å². The number of nitrogens with zero attached hydrogens (tertiary/aromatic N) is 2. The molecule has 2 unspecified atom stereocenters. The molecule has 16 heavy (non-hydrogen) atoms. The first kappa shape index (κ1) is 11.1. The van der Waals surface area contributed by atoms with Crippen LogP contribution in [0.4, 0.5) is 0 Å². The minimum atomic E-state index is -0.0917. The molecule has 1 heterocycles. The van der Waals surface area contributed by atoms with Crippen LogP contribution in [0.15, 0.2) is 12.3 Å². The van der Waals surface area contributed by atoms with Gasteiger partial charge in [0.25, 0.3) is 5.91 Å². The Bertz CT molecular complexity index is 374. The SMILES string of the molecule is Cn1ccc(C(=O)NC2CCCC2CN)n1. The van der Waals surface area contributed by atoms with Gasteiger partial charge < -0.3 is 11.1 Å². The minimum Gasteiger partial charge on any atom is -0.348 e. The van der Waals surface area contributed by atoms with Gasteiger partial charge in [-0.1, -0.05) is 6.42 Å². The van der Waals surface area contributed by atoms with Crippen molar-refractivity contribution in [2.24, 2.45) is 18.7 Å². The summed E-state index contributed by atoms with van der Waals surface area (Å²) in [7, 11) is 1.80. The summed E-state index contributed by atoms with van der Waals surface area (Å²) in [6, 6.07) is 1.95. The van der Waals surface area contributed by atoms with Crippen molar-refractivity contribution in [2.75, 3.05) is 6.54 Å². The van der Waals surface area contributed by atoms with Crippen molar-refractivity contribution in [1.82, 2.24) is 15.1 Å². The first-order valence-electron chi connectivity index (χ1n) is 5.71. The van der Waals surface area contributed by atoms with E-state index < -0.39 is 0 Å². The molecule has 1 fully saturated rings. The molecule has 1 amide bonds. The smallest absolute Gasteiger partial charge is 0.272 e. The Morgan fingerprint density at radius 3 is 3.12 bits per heavy atom. The van der Waals surface area contributed by atoms with Gasteiger partial charge in [-0.15, -0.1) is 0 Å². The summed E-state index contributed by atoms with van der Waals surface area (Å²) in [6.45, 7) is 0.646. The molecule has 5 heteroatoms. The lowest BCUT2D eigenvalue weighted by Crippen LogP contribution is -2.40. The number of aromatic nitrogens is 2. The summed E-state index contributed by atoms with van der Waals surface area (Å²) in [4.78, 5) is 11.8. The molecular formula is C11H18N4O. The maximum Gasteiger partial charge on any atom is 0.272 e. The van der Waals surface area contributed by atoms with Gasteiger partial charge in [-0.05, 0) is 31.4 Å². The van der Waals surface area contributed by atoms with E-state index in [1.54, 1.807) is 24.0 Å². The van der Waals surface area contributed by atoms with Crippen LogP contribution in [-0.2, 0) is 7.05 Å². The van der Waals surface area contributed by atoms with Crippen LogP contribution in [0.3, 0.4) is 0 Å². The zero-order valence-corrected chi connectivity index (χ0v) is 9.52. The third kappa shape index (κ3) is 2.24. The van der Waals surface area contributed by atoms with Crippen LogP contribution < -0.4 is 11.1 Å². The van der Waals surface area contributed by atoms with E-state index >= 15 is 0 Å². The number of carbonyl (C=O) groups is 1. The molecule has 3 N–H and O–H groups in total. The quantitative estimate of drug-likeness (QED) is 0.771. The van der Waals surface area contributed by atoms with E-state index in [-0.39, 0.29) is 11.9 Å². The average molecular weight is 222 g/mol. The van der Waals surface area contributed by atoms with E-state index in [1.807, 2.05) is 0 Å². The molecule has 1 aliphatic rings. The summed E-state index contributed by atoms with van der Waals surface area (Å²) in [6.07, 6.45) is 5.06. The van der Waals surface area contributed by atoms with Crippen molar-refractivity contribution >= 4 is 5.91 Å². The normalized spacial score (nSPS) is 24.6. The molecule has 0 aromatic carbocycles. The van der Waals surface area contributed by atoms with Crippen LogP contribution in [0.1, 0.15) is 29.8 Å². The molecule has 2 atom stereocenters.